The van der Waals surface area contributed by atoms with E-state index in [2.05, 4.69) is 15.9 Å². The smallest absolute Gasteiger partial charge is 0.244 e. The van der Waals surface area contributed by atoms with Crippen molar-refractivity contribution in [3.05, 3.63) is 21.6 Å². The van der Waals surface area contributed by atoms with Gasteiger partial charge in [-0.15, -0.1) is 0 Å². The van der Waals surface area contributed by atoms with Crippen LogP contribution in [0, 0.1) is 0 Å². The molecule has 0 aromatic heterocycles. The van der Waals surface area contributed by atoms with Crippen LogP contribution in [-0.4, -0.2) is 51.4 Å². The highest BCUT2D eigenvalue weighted by atomic mass is 79.9. The Kier molecular flexibility index (Phi) is 6.93. The standard InChI is InChI=1S/C13H21BrClN3O2S/c1-4-5-18(7-6-17(2)3)21(19,20)12-9-10(15)8-11(16)13(12)14/h8-9H,4-7,16H2,1-3H3. The topological polar surface area (TPSA) is 66.6 Å². The number of hydrogen-bond donors (Lipinski definition) is 1. The molecule has 0 spiro atoms. The van der Waals surface area contributed by atoms with Crippen molar-refractivity contribution in [2.45, 2.75) is 18.2 Å². The molecule has 1 aromatic carbocycles. The van der Waals surface area contributed by atoms with Crippen LogP contribution in [0.1, 0.15) is 13.3 Å². The minimum absolute atomic E-state index is 0.111. The largest absolute Gasteiger partial charge is 0.398 e. The maximum absolute atomic E-state index is 12.8. The molecule has 0 radical (unpaired) electrons. The molecule has 0 amide bonds. The summed E-state index contributed by atoms with van der Waals surface area (Å²) in [6.45, 7) is 3.46. The Morgan fingerprint density at radius 3 is 2.38 bits per heavy atom. The van der Waals surface area contributed by atoms with E-state index in [1.54, 1.807) is 0 Å². The molecule has 0 bridgehead atoms. The maximum atomic E-state index is 12.8. The van der Waals surface area contributed by atoms with Gasteiger partial charge in [0.05, 0.1) is 9.37 Å². The molecule has 0 aliphatic heterocycles. The molecule has 0 saturated carbocycles. The van der Waals surface area contributed by atoms with Crippen LogP contribution in [0.3, 0.4) is 0 Å². The Labute approximate surface area is 140 Å². The molecule has 21 heavy (non-hydrogen) atoms. The van der Waals surface area contributed by atoms with Crippen LogP contribution in [0.2, 0.25) is 5.02 Å². The number of nitrogens with zero attached hydrogens (tertiary/aromatic N) is 2. The van der Waals surface area contributed by atoms with Gasteiger partial charge in [0.25, 0.3) is 0 Å². The van der Waals surface area contributed by atoms with E-state index in [9.17, 15) is 8.42 Å². The molecule has 0 heterocycles. The zero-order chi connectivity index (χ0) is 16.2. The SMILES string of the molecule is CCCN(CCN(C)C)S(=O)(=O)c1cc(Cl)cc(N)c1Br. The van der Waals surface area contributed by atoms with Crippen molar-refractivity contribution < 1.29 is 8.42 Å². The molecule has 5 nitrogen and oxygen atoms in total. The first kappa shape index (κ1) is 18.7. The number of nitrogens with two attached hydrogens (primary N) is 1. The van der Waals surface area contributed by atoms with Gasteiger partial charge < -0.3 is 10.6 Å². The summed E-state index contributed by atoms with van der Waals surface area (Å²) >= 11 is 9.20. The first-order chi connectivity index (χ1) is 9.70. The van der Waals surface area contributed by atoms with Crippen LogP contribution in [0.5, 0.6) is 0 Å². The van der Waals surface area contributed by atoms with E-state index in [1.807, 2.05) is 25.9 Å². The molecule has 2 N–H and O–H groups in total. The van der Waals surface area contributed by atoms with Crippen LogP contribution >= 0.6 is 27.5 Å². The third kappa shape index (κ3) is 4.82. The molecular weight excluding hydrogens is 378 g/mol. The normalized spacial score (nSPS) is 12.3. The predicted molar refractivity (Wildman–Crippen MR) is 91.2 cm³/mol. The molecule has 0 aliphatic carbocycles. The quantitative estimate of drug-likeness (QED) is 0.717. The van der Waals surface area contributed by atoms with Crippen LogP contribution < -0.4 is 5.73 Å². The number of halogens is 2. The number of sulfonamides is 1. The molecule has 0 saturated heterocycles. The summed E-state index contributed by atoms with van der Waals surface area (Å²) in [5.74, 6) is 0. The third-order valence-corrected chi connectivity index (χ3v) is 6.21. The molecule has 8 heteroatoms. The Morgan fingerprint density at radius 1 is 1.24 bits per heavy atom. The Morgan fingerprint density at radius 2 is 1.86 bits per heavy atom. The van der Waals surface area contributed by atoms with E-state index in [1.165, 1.54) is 16.4 Å². The number of hydrogen-bond acceptors (Lipinski definition) is 4. The van der Waals surface area contributed by atoms with Gasteiger partial charge in [0.15, 0.2) is 0 Å². The van der Waals surface area contributed by atoms with Crippen molar-refractivity contribution in [1.29, 1.82) is 0 Å². The first-order valence-corrected chi connectivity index (χ1v) is 9.20. The Balaban J connectivity index is 3.22. The lowest BCUT2D eigenvalue weighted by atomic mass is 10.3. The average Bonchev–Trinajstić information content (AvgIpc) is 2.38. The second-order valence-corrected chi connectivity index (χ2v) is 8.15. The Hall–Kier alpha value is -0.340. The van der Waals surface area contributed by atoms with E-state index in [-0.39, 0.29) is 4.90 Å². The van der Waals surface area contributed by atoms with Crippen molar-refractivity contribution in [2.24, 2.45) is 0 Å². The molecule has 1 aromatic rings. The highest BCUT2D eigenvalue weighted by Crippen LogP contribution is 2.33. The number of anilines is 1. The van der Waals surface area contributed by atoms with Crippen molar-refractivity contribution in [1.82, 2.24) is 9.21 Å². The number of rotatable bonds is 7. The lowest BCUT2D eigenvalue weighted by molar-refractivity contribution is 0.333. The lowest BCUT2D eigenvalue weighted by Crippen LogP contribution is -2.37. The summed E-state index contributed by atoms with van der Waals surface area (Å²) in [6, 6.07) is 2.95. The van der Waals surface area contributed by atoms with Gasteiger partial charge in [-0.05, 0) is 48.6 Å². The van der Waals surface area contributed by atoms with E-state index in [0.29, 0.717) is 34.8 Å². The van der Waals surface area contributed by atoms with Gasteiger partial charge in [0.2, 0.25) is 10.0 Å². The van der Waals surface area contributed by atoms with E-state index >= 15 is 0 Å². The van der Waals surface area contributed by atoms with Crippen LogP contribution in [-0.2, 0) is 10.0 Å². The monoisotopic (exact) mass is 397 g/mol. The molecule has 0 atom stereocenters. The van der Waals surface area contributed by atoms with Gasteiger partial charge in [0, 0.05) is 30.3 Å². The summed E-state index contributed by atoms with van der Waals surface area (Å²) in [7, 11) is 0.174. The lowest BCUT2D eigenvalue weighted by Gasteiger charge is -2.24. The zero-order valence-electron chi connectivity index (χ0n) is 12.4. The van der Waals surface area contributed by atoms with Gasteiger partial charge in [-0.2, -0.15) is 4.31 Å². The minimum Gasteiger partial charge on any atom is -0.398 e. The molecule has 0 unspecified atom stereocenters. The summed E-state index contributed by atoms with van der Waals surface area (Å²) in [5.41, 5.74) is 6.10. The zero-order valence-corrected chi connectivity index (χ0v) is 15.6. The third-order valence-electron chi connectivity index (χ3n) is 2.92. The van der Waals surface area contributed by atoms with Crippen LogP contribution in [0.4, 0.5) is 5.69 Å². The maximum Gasteiger partial charge on any atom is 0.244 e. The van der Waals surface area contributed by atoms with Crippen molar-refractivity contribution >= 4 is 43.2 Å². The van der Waals surface area contributed by atoms with Crippen molar-refractivity contribution in [3.8, 4) is 0 Å². The summed E-state index contributed by atoms with van der Waals surface area (Å²) < 4.78 is 27.5. The van der Waals surface area contributed by atoms with E-state index in [4.69, 9.17) is 17.3 Å². The molecule has 0 fully saturated rings. The highest BCUT2D eigenvalue weighted by molar-refractivity contribution is 9.10. The summed E-state index contributed by atoms with van der Waals surface area (Å²) in [5, 5.41) is 0.304. The Bertz CT molecular complexity index is 593. The molecular formula is C13H21BrClN3O2S. The van der Waals surface area contributed by atoms with E-state index < -0.39 is 10.0 Å². The average molecular weight is 399 g/mol. The molecule has 0 aliphatic rings. The minimum atomic E-state index is -3.64. The summed E-state index contributed by atoms with van der Waals surface area (Å²) in [6.07, 6.45) is 0.736. The number of benzene rings is 1. The van der Waals surface area contributed by atoms with Gasteiger partial charge in [-0.25, -0.2) is 8.42 Å². The fourth-order valence-electron chi connectivity index (χ4n) is 1.82. The number of likely N-dealkylation sites (N-methyl/N-ethyl adjacent to an activating group) is 1. The predicted octanol–water partition coefficient (Wildman–Crippen LogP) is 2.65. The first-order valence-electron chi connectivity index (χ1n) is 6.59. The molecule has 120 valence electrons. The summed E-state index contributed by atoms with van der Waals surface area (Å²) in [4.78, 5) is 2.05. The van der Waals surface area contributed by atoms with Gasteiger partial charge in [0.1, 0.15) is 0 Å². The molecule has 1 rings (SSSR count). The van der Waals surface area contributed by atoms with Crippen LogP contribution in [0.15, 0.2) is 21.5 Å². The van der Waals surface area contributed by atoms with Gasteiger partial charge in [-0.1, -0.05) is 18.5 Å². The fourth-order valence-corrected chi connectivity index (χ4v) is 4.60. The second-order valence-electron chi connectivity index (χ2n) is 5.01. The fraction of sp³-hybridized carbons (Fsp3) is 0.538. The van der Waals surface area contributed by atoms with E-state index in [0.717, 1.165) is 6.42 Å². The van der Waals surface area contributed by atoms with Crippen molar-refractivity contribution in [3.63, 3.8) is 0 Å². The van der Waals surface area contributed by atoms with Crippen LogP contribution in [0.25, 0.3) is 0 Å². The van der Waals surface area contributed by atoms with Gasteiger partial charge >= 0.3 is 0 Å². The van der Waals surface area contributed by atoms with Crippen molar-refractivity contribution in [2.75, 3.05) is 39.5 Å². The number of nitrogen functional groups attached to an aromatic ring is 1. The highest BCUT2D eigenvalue weighted by Gasteiger charge is 2.27. The van der Waals surface area contributed by atoms with Gasteiger partial charge in [-0.3, -0.25) is 0 Å². The second kappa shape index (κ2) is 7.78.